The average molecular weight is 344 g/mol. The maximum atomic E-state index is 12.1. The van der Waals surface area contributed by atoms with Crippen LogP contribution in [-0.2, 0) is 6.54 Å². The highest BCUT2D eigenvalue weighted by atomic mass is 16.5. The lowest BCUT2D eigenvalue weighted by Crippen LogP contribution is -2.23. The normalized spacial score (nSPS) is 10.2. The van der Waals surface area contributed by atoms with Crippen molar-refractivity contribution >= 4 is 11.9 Å². The standard InChI is InChI=1S/C18H20N2O5/c1-3-8-25-15-7-4-12(9-16(15)24-2)10-20-17(21)13-5-6-14(18(22)23)19-11-13/h4-7,9,11H,3,8,10H2,1-2H3,(H,20,21)(H,22,23). The average Bonchev–Trinajstić information content (AvgIpc) is 2.64. The number of aromatic nitrogens is 1. The van der Waals surface area contributed by atoms with Crippen molar-refractivity contribution in [1.82, 2.24) is 10.3 Å². The number of hydrogen-bond acceptors (Lipinski definition) is 5. The Labute approximate surface area is 145 Å². The summed E-state index contributed by atoms with van der Waals surface area (Å²) in [7, 11) is 1.56. The first-order valence-corrected chi connectivity index (χ1v) is 7.82. The Balaban J connectivity index is 2.00. The van der Waals surface area contributed by atoms with Crippen LogP contribution in [0.15, 0.2) is 36.5 Å². The predicted octanol–water partition coefficient (Wildman–Crippen LogP) is 2.51. The number of aromatic carboxylic acids is 1. The van der Waals surface area contributed by atoms with E-state index in [-0.39, 0.29) is 11.6 Å². The van der Waals surface area contributed by atoms with Crippen LogP contribution in [-0.4, -0.2) is 35.7 Å². The number of carboxylic acids is 1. The molecule has 0 saturated carbocycles. The van der Waals surface area contributed by atoms with Gasteiger partial charge in [-0.3, -0.25) is 4.79 Å². The second-order valence-corrected chi connectivity index (χ2v) is 5.25. The molecular weight excluding hydrogens is 324 g/mol. The van der Waals surface area contributed by atoms with Crippen molar-refractivity contribution in [3.63, 3.8) is 0 Å². The van der Waals surface area contributed by atoms with Gasteiger partial charge in [0.2, 0.25) is 0 Å². The second-order valence-electron chi connectivity index (χ2n) is 5.25. The minimum Gasteiger partial charge on any atom is -0.493 e. The van der Waals surface area contributed by atoms with Crippen LogP contribution in [0, 0.1) is 0 Å². The van der Waals surface area contributed by atoms with E-state index in [2.05, 4.69) is 10.3 Å². The summed E-state index contributed by atoms with van der Waals surface area (Å²) in [5.41, 5.74) is 1.04. The summed E-state index contributed by atoms with van der Waals surface area (Å²) in [6.07, 6.45) is 2.14. The van der Waals surface area contributed by atoms with Gasteiger partial charge in [-0.1, -0.05) is 13.0 Å². The number of benzene rings is 1. The zero-order valence-corrected chi connectivity index (χ0v) is 14.1. The summed E-state index contributed by atoms with van der Waals surface area (Å²) in [4.78, 5) is 26.6. The SMILES string of the molecule is CCCOc1ccc(CNC(=O)c2ccc(C(=O)O)nc2)cc1OC. The molecule has 1 amide bonds. The molecule has 25 heavy (non-hydrogen) atoms. The number of nitrogens with zero attached hydrogens (tertiary/aromatic N) is 1. The van der Waals surface area contributed by atoms with Crippen LogP contribution in [0.1, 0.15) is 39.8 Å². The van der Waals surface area contributed by atoms with Gasteiger partial charge in [0.25, 0.3) is 5.91 Å². The van der Waals surface area contributed by atoms with E-state index in [1.807, 2.05) is 13.0 Å². The zero-order chi connectivity index (χ0) is 18.2. The van der Waals surface area contributed by atoms with Gasteiger partial charge in [-0.25, -0.2) is 9.78 Å². The largest absolute Gasteiger partial charge is 0.493 e. The van der Waals surface area contributed by atoms with E-state index < -0.39 is 5.97 Å². The molecule has 0 aliphatic heterocycles. The summed E-state index contributed by atoms with van der Waals surface area (Å²) in [6.45, 7) is 2.92. The van der Waals surface area contributed by atoms with Gasteiger partial charge in [-0.15, -0.1) is 0 Å². The van der Waals surface area contributed by atoms with Crippen molar-refractivity contribution in [2.75, 3.05) is 13.7 Å². The highest BCUT2D eigenvalue weighted by Gasteiger charge is 2.10. The van der Waals surface area contributed by atoms with Crippen LogP contribution in [0.25, 0.3) is 0 Å². The molecule has 2 N–H and O–H groups in total. The summed E-state index contributed by atoms with van der Waals surface area (Å²) in [6, 6.07) is 8.17. The second kappa shape index (κ2) is 8.68. The summed E-state index contributed by atoms with van der Waals surface area (Å²) < 4.78 is 10.9. The first-order valence-electron chi connectivity index (χ1n) is 7.82. The lowest BCUT2D eigenvalue weighted by molar-refractivity contribution is 0.0689. The Hall–Kier alpha value is -3.09. The van der Waals surface area contributed by atoms with E-state index in [1.165, 1.54) is 18.3 Å². The Morgan fingerprint density at radius 2 is 2.00 bits per heavy atom. The van der Waals surface area contributed by atoms with Crippen molar-refractivity contribution < 1.29 is 24.2 Å². The number of rotatable bonds is 8. The highest BCUT2D eigenvalue weighted by molar-refractivity contribution is 5.94. The van der Waals surface area contributed by atoms with Gasteiger partial charge in [0.15, 0.2) is 11.5 Å². The molecule has 0 bridgehead atoms. The third kappa shape index (κ3) is 4.94. The molecular formula is C18H20N2O5. The van der Waals surface area contributed by atoms with Gasteiger partial charge in [0.05, 0.1) is 19.3 Å². The maximum Gasteiger partial charge on any atom is 0.354 e. The molecule has 0 spiro atoms. The van der Waals surface area contributed by atoms with Crippen molar-refractivity contribution in [2.45, 2.75) is 19.9 Å². The minimum absolute atomic E-state index is 0.107. The zero-order valence-electron chi connectivity index (χ0n) is 14.1. The van der Waals surface area contributed by atoms with Gasteiger partial charge in [-0.05, 0) is 36.2 Å². The predicted molar refractivity (Wildman–Crippen MR) is 91.1 cm³/mol. The topological polar surface area (TPSA) is 97.8 Å². The summed E-state index contributed by atoms with van der Waals surface area (Å²) >= 11 is 0. The molecule has 7 heteroatoms. The van der Waals surface area contributed by atoms with Crippen molar-refractivity contribution in [3.8, 4) is 11.5 Å². The number of pyridine rings is 1. The molecule has 0 radical (unpaired) electrons. The fraction of sp³-hybridized carbons (Fsp3) is 0.278. The van der Waals surface area contributed by atoms with Gasteiger partial charge >= 0.3 is 5.97 Å². The minimum atomic E-state index is -1.13. The number of carboxylic acid groups (broad SMARTS) is 1. The number of carbonyl (C=O) groups is 2. The quantitative estimate of drug-likeness (QED) is 0.763. The Kier molecular flexibility index (Phi) is 6.33. The van der Waals surface area contributed by atoms with E-state index in [4.69, 9.17) is 14.6 Å². The van der Waals surface area contributed by atoms with E-state index in [9.17, 15) is 9.59 Å². The molecule has 1 aromatic carbocycles. The Bertz CT molecular complexity index is 744. The molecule has 0 unspecified atom stereocenters. The van der Waals surface area contributed by atoms with Crippen LogP contribution in [0.5, 0.6) is 11.5 Å². The fourth-order valence-electron chi connectivity index (χ4n) is 2.09. The molecule has 2 aromatic rings. The molecule has 1 aromatic heterocycles. The van der Waals surface area contributed by atoms with Gasteiger partial charge in [0.1, 0.15) is 5.69 Å². The number of ether oxygens (including phenoxy) is 2. The maximum absolute atomic E-state index is 12.1. The van der Waals surface area contributed by atoms with E-state index in [0.717, 1.165) is 12.0 Å². The molecule has 0 fully saturated rings. The molecule has 1 heterocycles. The fourth-order valence-corrected chi connectivity index (χ4v) is 2.09. The first-order chi connectivity index (χ1) is 12.0. The third-order valence-corrected chi connectivity index (χ3v) is 3.39. The lowest BCUT2D eigenvalue weighted by Gasteiger charge is -2.12. The number of amides is 1. The van der Waals surface area contributed by atoms with Gasteiger partial charge in [0, 0.05) is 12.7 Å². The Morgan fingerprint density at radius 3 is 2.60 bits per heavy atom. The highest BCUT2D eigenvalue weighted by Crippen LogP contribution is 2.28. The van der Waals surface area contributed by atoms with Gasteiger partial charge in [-0.2, -0.15) is 0 Å². The van der Waals surface area contributed by atoms with Crippen LogP contribution >= 0.6 is 0 Å². The van der Waals surface area contributed by atoms with Crippen LogP contribution < -0.4 is 14.8 Å². The number of carbonyl (C=O) groups excluding carboxylic acids is 1. The number of methoxy groups -OCH3 is 1. The summed E-state index contributed by atoms with van der Waals surface area (Å²) in [5, 5.41) is 11.6. The third-order valence-electron chi connectivity index (χ3n) is 3.39. The van der Waals surface area contributed by atoms with Crippen molar-refractivity contribution in [3.05, 3.63) is 53.3 Å². The lowest BCUT2D eigenvalue weighted by atomic mass is 10.2. The molecule has 0 aliphatic rings. The van der Waals surface area contributed by atoms with Crippen LogP contribution in [0.3, 0.4) is 0 Å². The molecule has 0 aliphatic carbocycles. The van der Waals surface area contributed by atoms with Crippen molar-refractivity contribution in [1.29, 1.82) is 0 Å². The van der Waals surface area contributed by atoms with Crippen LogP contribution in [0.2, 0.25) is 0 Å². The van der Waals surface area contributed by atoms with Crippen molar-refractivity contribution in [2.24, 2.45) is 0 Å². The summed E-state index contributed by atoms with van der Waals surface area (Å²) in [5.74, 6) is -0.209. The number of nitrogens with one attached hydrogen (secondary N) is 1. The molecule has 0 saturated heterocycles. The smallest absolute Gasteiger partial charge is 0.354 e. The molecule has 132 valence electrons. The molecule has 2 rings (SSSR count). The molecule has 7 nitrogen and oxygen atoms in total. The Morgan fingerprint density at radius 1 is 1.20 bits per heavy atom. The van der Waals surface area contributed by atoms with E-state index in [1.54, 1.807) is 19.2 Å². The van der Waals surface area contributed by atoms with E-state index in [0.29, 0.717) is 30.2 Å². The number of hydrogen-bond donors (Lipinski definition) is 2. The monoisotopic (exact) mass is 344 g/mol. The van der Waals surface area contributed by atoms with Crippen LogP contribution in [0.4, 0.5) is 0 Å². The first kappa shape index (κ1) is 18.3. The van der Waals surface area contributed by atoms with Gasteiger partial charge < -0.3 is 19.9 Å². The molecule has 0 atom stereocenters. The van der Waals surface area contributed by atoms with E-state index >= 15 is 0 Å².